The molecule has 0 aromatic heterocycles. The molecule has 1 radical (unpaired) electrons. The van der Waals surface area contributed by atoms with E-state index in [2.05, 4.69) is 0 Å². The molecule has 5 heavy (non-hydrogen) atoms. The number of rotatable bonds is 1. The molecule has 4 heteroatoms. The highest BCUT2D eigenvalue weighted by atomic mass is 31.1. The smallest absolute Gasteiger partial charge is 0.269 e. The molecule has 0 aliphatic heterocycles. The van der Waals surface area contributed by atoms with Crippen LogP contribution in [-0.2, 0) is 9.67 Å². The van der Waals surface area contributed by atoms with Crippen molar-refractivity contribution in [2.75, 3.05) is 0 Å². The van der Waals surface area contributed by atoms with Crippen molar-refractivity contribution in [1.29, 1.82) is 0 Å². The van der Waals surface area contributed by atoms with Crippen LogP contribution in [0.5, 0.6) is 0 Å². The Labute approximate surface area is 30.4 Å². The zero-order valence-electron chi connectivity index (χ0n) is 2.29. The summed E-state index contributed by atoms with van der Waals surface area (Å²) in [5.41, 5.74) is 0. The lowest BCUT2D eigenvalue weighted by atomic mass is 11.5. The minimum atomic E-state index is -1.95. The molecule has 1 unspecified atom stereocenters. The summed E-state index contributed by atoms with van der Waals surface area (Å²) in [6, 6.07) is -1.95. The predicted molar refractivity (Wildman–Crippen MR) is 14.3 cm³/mol. The van der Waals surface area contributed by atoms with Gasteiger partial charge in [0.2, 0.25) is 8.46 Å². The normalized spacial score (nSPS) is 10.2. The van der Waals surface area contributed by atoms with Gasteiger partial charge >= 0.3 is 0 Å². The van der Waals surface area contributed by atoms with Crippen molar-refractivity contribution >= 4 is 8.46 Å². The Morgan fingerprint density at radius 1 is 1.80 bits per heavy atom. The summed E-state index contributed by atoms with van der Waals surface area (Å²) >= 11 is 0. The maximum absolute atomic E-state index is 9.13. The van der Waals surface area contributed by atoms with Crippen LogP contribution in [0.15, 0.2) is 0 Å². The monoisotopic (exact) mass is 93.0 g/mol. The second-order valence-electron chi connectivity index (χ2n) is 0.432. The molecular formula is CH2O3P. The van der Waals surface area contributed by atoms with Crippen molar-refractivity contribution in [2.24, 2.45) is 0 Å². The highest BCUT2D eigenvalue weighted by molar-refractivity contribution is 7.23. The molecule has 0 aromatic carbocycles. The van der Waals surface area contributed by atoms with Crippen LogP contribution in [-0.4, -0.2) is 11.1 Å². The van der Waals surface area contributed by atoms with Crippen molar-refractivity contribution in [3.05, 3.63) is 0 Å². The van der Waals surface area contributed by atoms with Gasteiger partial charge < -0.3 is 5.11 Å². The van der Waals surface area contributed by atoms with E-state index in [1.807, 2.05) is 0 Å². The van der Waals surface area contributed by atoms with Gasteiger partial charge in [0, 0.05) is 0 Å². The second-order valence-corrected chi connectivity index (χ2v) is 1.08. The number of hydrogen-bond donors (Lipinski definition) is 1. The van der Waals surface area contributed by atoms with Crippen LogP contribution < -0.4 is 0 Å². The molecule has 0 saturated carbocycles. The quantitative estimate of drug-likeness (QED) is 0.366. The average Bonchev–Trinajstić information content (AvgIpc) is 1.38. The SMILES string of the molecule is [O]C(O)P=O. The Bertz CT molecular complexity index is 33.9. The zero-order valence-corrected chi connectivity index (χ0v) is 3.18. The Morgan fingerprint density at radius 2 is 2.00 bits per heavy atom. The van der Waals surface area contributed by atoms with Gasteiger partial charge in [0.1, 0.15) is 0 Å². The van der Waals surface area contributed by atoms with Crippen LogP contribution in [0.1, 0.15) is 0 Å². The molecule has 0 aromatic rings. The third-order valence-corrected chi connectivity index (χ3v) is 0.271. The zero-order chi connectivity index (χ0) is 4.28. The molecule has 0 amide bonds. The van der Waals surface area contributed by atoms with E-state index in [1.165, 1.54) is 0 Å². The number of aliphatic hydroxyl groups excluding tert-OH is 1. The van der Waals surface area contributed by atoms with E-state index in [0.29, 0.717) is 0 Å². The van der Waals surface area contributed by atoms with Crippen LogP contribution in [0.3, 0.4) is 0 Å². The van der Waals surface area contributed by atoms with Gasteiger partial charge in [0.15, 0.2) is 0 Å². The topological polar surface area (TPSA) is 57.2 Å². The number of hydrogen-bond acceptors (Lipinski definition) is 2. The third-order valence-electron chi connectivity index (χ3n) is 0.0902. The van der Waals surface area contributed by atoms with Crippen LogP contribution in [0, 0.1) is 0 Å². The van der Waals surface area contributed by atoms with Crippen LogP contribution in [0.25, 0.3) is 0 Å². The molecular weight excluding hydrogens is 91.0 g/mol. The number of aliphatic hydroxyl groups is 1. The van der Waals surface area contributed by atoms with E-state index in [-0.39, 0.29) is 0 Å². The molecule has 0 aliphatic rings. The first kappa shape index (κ1) is 5.02. The predicted octanol–water partition coefficient (Wildman–Crippen LogP) is -0.0155. The van der Waals surface area contributed by atoms with Crippen molar-refractivity contribution in [3.8, 4) is 0 Å². The highest BCUT2D eigenvalue weighted by Crippen LogP contribution is 1.94. The summed E-state index contributed by atoms with van der Waals surface area (Å²) in [5.74, 6) is 0. The van der Waals surface area contributed by atoms with Gasteiger partial charge in [-0.25, -0.2) is 0 Å². The van der Waals surface area contributed by atoms with Crippen molar-refractivity contribution < 1.29 is 14.8 Å². The van der Waals surface area contributed by atoms with E-state index in [1.54, 1.807) is 0 Å². The van der Waals surface area contributed by atoms with Gasteiger partial charge in [0.05, 0.1) is 0 Å². The maximum atomic E-state index is 9.13. The van der Waals surface area contributed by atoms with Gasteiger partial charge in [0.25, 0.3) is 6.03 Å². The molecule has 0 spiro atoms. The summed E-state index contributed by atoms with van der Waals surface area (Å²) in [4.78, 5) is 0. The largest absolute Gasteiger partial charge is 0.357 e. The lowest BCUT2D eigenvalue weighted by Gasteiger charge is -1.73. The van der Waals surface area contributed by atoms with E-state index in [4.69, 9.17) is 14.8 Å². The second kappa shape index (κ2) is 2.27. The molecule has 29 valence electrons. The van der Waals surface area contributed by atoms with E-state index in [0.717, 1.165) is 0 Å². The van der Waals surface area contributed by atoms with Gasteiger partial charge in [-0.05, 0) is 0 Å². The van der Waals surface area contributed by atoms with Gasteiger partial charge in [-0.1, -0.05) is 0 Å². The fraction of sp³-hybridized carbons (Fsp3) is 1.00. The molecule has 3 nitrogen and oxygen atoms in total. The van der Waals surface area contributed by atoms with Crippen molar-refractivity contribution in [1.82, 2.24) is 0 Å². The molecule has 1 N–H and O–H groups in total. The van der Waals surface area contributed by atoms with E-state index >= 15 is 0 Å². The Balaban J connectivity index is 2.83. The van der Waals surface area contributed by atoms with Gasteiger partial charge in [-0.3, -0.25) is 4.57 Å². The molecule has 0 heterocycles. The van der Waals surface area contributed by atoms with E-state index in [9.17, 15) is 0 Å². The van der Waals surface area contributed by atoms with Crippen molar-refractivity contribution in [3.63, 3.8) is 0 Å². The molecule has 1 atom stereocenters. The molecule has 0 aliphatic carbocycles. The Hall–Kier alpha value is 0.0200. The minimum absolute atomic E-state index is 0.753. The summed E-state index contributed by atoms with van der Waals surface area (Å²) in [7, 11) is -0.753. The minimum Gasteiger partial charge on any atom is -0.357 e. The maximum Gasteiger partial charge on any atom is 0.269 e. The Kier molecular flexibility index (Phi) is 2.28. The standard InChI is InChI=1S/CH2O3P/c2-1(3)5-4/h1-2H. The molecule has 0 saturated heterocycles. The first-order valence-corrected chi connectivity index (χ1v) is 1.82. The summed E-state index contributed by atoms with van der Waals surface area (Å²) in [5, 5.41) is 16.6. The fourth-order valence-corrected chi connectivity index (χ4v) is 0. The first-order valence-electron chi connectivity index (χ1n) is 0.935. The lowest BCUT2D eigenvalue weighted by molar-refractivity contribution is -0.0214. The van der Waals surface area contributed by atoms with Gasteiger partial charge in [-0.2, -0.15) is 5.11 Å². The summed E-state index contributed by atoms with van der Waals surface area (Å²) in [6.07, 6.45) is 0. The van der Waals surface area contributed by atoms with Crippen molar-refractivity contribution in [2.45, 2.75) is 6.03 Å². The summed E-state index contributed by atoms with van der Waals surface area (Å²) in [6.45, 7) is 0. The highest BCUT2D eigenvalue weighted by Gasteiger charge is 1.89. The Morgan fingerprint density at radius 3 is 2.00 bits per heavy atom. The van der Waals surface area contributed by atoms with Gasteiger partial charge in [-0.15, -0.1) is 0 Å². The van der Waals surface area contributed by atoms with Crippen LogP contribution in [0.4, 0.5) is 0 Å². The van der Waals surface area contributed by atoms with Crippen LogP contribution >= 0.6 is 8.46 Å². The molecule has 0 rings (SSSR count). The van der Waals surface area contributed by atoms with E-state index < -0.39 is 14.5 Å². The summed E-state index contributed by atoms with van der Waals surface area (Å²) < 4.78 is 9.04. The molecule has 0 bridgehead atoms. The third kappa shape index (κ3) is 4.02. The average molecular weight is 93.0 g/mol. The first-order chi connectivity index (χ1) is 2.27. The van der Waals surface area contributed by atoms with Crippen LogP contribution in [0.2, 0.25) is 0 Å². The fourth-order valence-electron chi connectivity index (χ4n) is 0. The lowest BCUT2D eigenvalue weighted by Crippen LogP contribution is -1.84. The molecule has 0 fully saturated rings.